The third-order valence-electron chi connectivity index (χ3n) is 1.42. The average molecular weight is 190 g/mol. The van der Waals surface area contributed by atoms with E-state index in [1.807, 2.05) is 13.8 Å². The summed E-state index contributed by atoms with van der Waals surface area (Å²) in [4.78, 5) is 11.0. The van der Waals surface area contributed by atoms with Crippen molar-refractivity contribution in [3.05, 3.63) is 0 Å². The van der Waals surface area contributed by atoms with Gasteiger partial charge in [-0.25, -0.2) is 0 Å². The molecule has 0 aromatic rings. The van der Waals surface area contributed by atoms with E-state index >= 15 is 0 Å². The van der Waals surface area contributed by atoms with Crippen molar-refractivity contribution in [2.75, 3.05) is 19.7 Å². The lowest BCUT2D eigenvalue weighted by molar-refractivity contribution is -0.120. The minimum absolute atomic E-state index is 0.0924. The van der Waals surface area contributed by atoms with E-state index in [-0.39, 0.29) is 31.6 Å². The zero-order valence-corrected chi connectivity index (χ0v) is 8.08. The number of aliphatic hydroxyl groups is 2. The Labute approximate surface area is 78.1 Å². The van der Waals surface area contributed by atoms with E-state index in [1.165, 1.54) is 0 Å². The molecule has 0 spiro atoms. The van der Waals surface area contributed by atoms with E-state index in [2.05, 4.69) is 10.6 Å². The van der Waals surface area contributed by atoms with Crippen LogP contribution in [0.4, 0.5) is 0 Å². The minimum atomic E-state index is -0.872. The molecule has 0 saturated carbocycles. The smallest absolute Gasteiger partial charge is 0.234 e. The SMILES string of the molecule is CC(C)NCC(=O)NCC(O)CO. The normalized spacial score (nSPS) is 13.0. The number of amides is 1. The molecule has 0 aliphatic heterocycles. The molecule has 0 radical (unpaired) electrons. The highest BCUT2D eigenvalue weighted by atomic mass is 16.3. The third kappa shape index (κ3) is 7.70. The molecule has 0 fully saturated rings. The molecule has 0 aromatic carbocycles. The first-order valence-corrected chi connectivity index (χ1v) is 4.35. The summed E-state index contributed by atoms with van der Waals surface area (Å²) in [6.45, 7) is 3.87. The van der Waals surface area contributed by atoms with Crippen LogP contribution in [0.2, 0.25) is 0 Å². The van der Waals surface area contributed by atoms with Gasteiger partial charge in [-0.1, -0.05) is 13.8 Å². The van der Waals surface area contributed by atoms with Crippen molar-refractivity contribution in [2.24, 2.45) is 0 Å². The van der Waals surface area contributed by atoms with Crippen molar-refractivity contribution in [1.82, 2.24) is 10.6 Å². The van der Waals surface area contributed by atoms with Gasteiger partial charge in [0.1, 0.15) is 0 Å². The van der Waals surface area contributed by atoms with Gasteiger partial charge in [0.25, 0.3) is 0 Å². The Kier molecular flexibility index (Phi) is 6.48. The second-order valence-electron chi connectivity index (χ2n) is 3.18. The monoisotopic (exact) mass is 190 g/mol. The molecule has 13 heavy (non-hydrogen) atoms. The molecule has 78 valence electrons. The summed E-state index contributed by atoms with van der Waals surface area (Å²) in [5.41, 5.74) is 0. The van der Waals surface area contributed by atoms with Crippen LogP contribution in [0.5, 0.6) is 0 Å². The standard InChI is InChI=1S/C8H18N2O3/c1-6(2)9-4-8(13)10-3-7(12)5-11/h6-7,9,11-12H,3-5H2,1-2H3,(H,10,13). The second kappa shape index (κ2) is 6.82. The number of carbonyl (C=O) groups is 1. The van der Waals surface area contributed by atoms with E-state index in [0.717, 1.165) is 0 Å². The Bertz CT molecular complexity index is 150. The predicted molar refractivity (Wildman–Crippen MR) is 49.2 cm³/mol. The summed E-state index contributed by atoms with van der Waals surface area (Å²) in [6, 6.07) is 0.258. The molecule has 1 atom stereocenters. The van der Waals surface area contributed by atoms with Gasteiger partial charge in [0.05, 0.1) is 19.3 Å². The first kappa shape index (κ1) is 12.3. The number of aliphatic hydroxyl groups excluding tert-OH is 2. The van der Waals surface area contributed by atoms with Crippen LogP contribution in [0.3, 0.4) is 0 Å². The first-order chi connectivity index (χ1) is 6.06. The topological polar surface area (TPSA) is 81.6 Å². The van der Waals surface area contributed by atoms with Gasteiger partial charge in [-0.3, -0.25) is 4.79 Å². The first-order valence-electron chi connectivity index (χ1n) is 4.35. The minimum Gasteiger partial charge on any atom is -0.394 e. The van der Waals surface area contributed by atoms with Crippen molar-refractivity contribution >= 4 is 5.91 Å². The highest BCUT2D eigenvalue weighted by molar-refractivity contribution is 5.78. The summed E-state index contributed by atoms with van der Waals surface area (Å²) < 4.78 is 0. The summed E-state index contributed by atoms with van der Waals surface area (Å²) in [6.07, 6.45) is -0.872. The molecular weight excluding hydrogens is 172 g/mol. The lowest BCUT2D eigenvalue weighted by atomic mass is 10.3. The Morgan fingerprint density at radius 3 is 2.54 bits per heavy atom. The molecule has 0 heterocycles. The van der Waals surface area contributed by atoms with Crippen molar-refractivity contribution in [2.45, 2.75) is 26.0 Å². The van der Waals surface area contributed by atoms with Gasteiger partial charge >= 0.3 is 0 Å². The average Bonchev–Trinajstić information content (AvgIpc) is 2.10. The van der Waals surface area contributed by atoms with Crippen LogP contribution in [-0.2, 0) is 4.79 Å². The molecule has 0 saturated heterocycles. The Balaban J connectivity index is 3.40. The zero-order chi connectivity index (χ0) is 10.3. The van der Waals surface area contributed by atoms with E-state index < -0.39 is 6.10 Å². The molecule has 0 bridgehead atoms. The molecule has 0 rings (SSSR count). The molecule has 0 aliphatic rings. The van der Waals surface area contributed by atoms with Crippen LogP contribution < -0.4 is 10.6 Å². The third-order valence-corrected chi connectivity index (χ3v) is 1.42. The Morgan fingerprint density at radius 1 is 1.46 bits per heavy atom. The number of nitrogens with one attached hydrogen (secondary N) is 2. The van der Waals surface area contributed by atoms with Crippen LogP contribution in [0.15, 0.2) is 0 Å². The fourth-order valence-electron chi connectivity index (χ4n) is 0.656. The number of rotatable bonds is 6. The molecule has 5 heteroatoms. The van der Waals surface area contributed by atoms with Gasteiger partial charge in [0.15, 0.2) is 0 Å². The Morgan fingerprint density at radius 2 is 2.08 bits per heavy atom. The van der Waals surface area contributed by atoms with Gasteiger partial charge < -0.3 is 20.8 Å². The molecule has 1 amide bonds. The number of hydrogen-bond donors (Lipinski definition) is 4. The van der Waals surface area contributed by atoms with Crippen molar-refractivity contribution in [3.63, 3.8) is 0 Å². The van der Waals surface area contributed by atoms with E-state index in [0.29, 0.717) is 0 Å². The van der Waals surface area contributed by atoms with E-state index in [9.17, 15) is 4.79 Å². The maximum atomic E-state index is 11.0. The highest BCUT2D eigenvalue weighted by Gasteiger charge is 2.05. The Hall–Kier alpha value is -0.650. The van der Waals surface area contributed by atoms with Crippen LogP contribution in [0.25, 0.3) is 0 Å². The highest BCUT2D eigenvalue weighted by Crippen LogP contribution is 1.78. The predicted octanol–water partition coefficient (Wildman–Crippen LogP) is -1.55. The van der Waals surface area contributed by atoms with Gasteiger partial charge in [0, 0.05) is 12.6 Å². The quantitative estimate of drug-likeness (QED) is 0.409. The molecule has 0 aliphatic carbocycles. The van der Waals surface area contributed by atoms with Crippen LogP contribution >= 0.6 is 0 Å². The van der Waals surface area contributed by atoms with Crippen molar-refractivity contribution in [3.8, 4) is 0 Å². The zero-order valence-electron chi connectivity index (χ0n) is 8.08. The van der Waals surface area contributed by atoms with Crippen LogP contribution in [0.1, 0.15) is 13.8 Å². The molecule has 0 aromatic heterocycles. The molecule has 1 unspecified atom stereocenters. The van der Waals surface area contributed by atoms with Gasteiger partial charge in [0.2, 0.25) is 5.91 Å². The lowest BCUT2D eigenvalue weighted by Crippen LogP contribution is -2.40. The molecular formula is C8H18N2O3. The van der Waals surface area contributed by atoms with Gasteiger partial charge in [-0.05, 0) is 0 Å². The summed E-state index contributed by atoms with van der Waals surface area (Å²) in [7, 11) is 0. The van der Waals surface area contributed by atoms with E-state index in [1.54, 1.807) is 0 Å². The summed E-state index contributed by atoms with van der Waals surface area (Å²) in [5, 5.41) is 22.8. The lowest BCUT2D eigenvalue weighted by Gasteiger charge is -2.10. The van der Waals surface area contributed by atoms with Crippen molar-refractivity contribution in [1.29, 1.82) is 0 Å². The van der Waals surface area contributed by atoms with Crippen LogP contribution in [0, 0.1) is 0 Å². The number of hydrogen-bond acceptors (Lipinski definition) is 4. The maximum Gasteiger partial charge on any atom is 0.234 e. The second-order valence-corrected chi connectivity index (χ2v) is 3.18. The molecule has 4 N–H and O–H groups in total. The van der Waals surface area contributed by atoms with Crippen LogP contribution in [-0.4, -0.2) is 48.0 Å². The maximum absolute atomic E-state index is 11.0. The fourth-order valence-corrected chi connectivity index (χ4v) is 0.656. The van der Waals surface area contributed by atoms with E-state index in [4.69, 9.17) is 10.2 Å². The van der Waals surface area contributed by atoms with Gasteiger partial charge in [-0.15, -0.1) is 0 Å². The number of carbonyl (C=O) groups excluding carboxylic acids is 1. The van der Waals surface area contributed by atoms with Crippen molar-refractivity contribution < 1.29 is 15.0 Å². The van der Waals surface area contributed by atoms with Gasteiger partial charge in [-0.2, -0.15) is 0 Å². The molecule has 5 nitrogen and oxygen atoms in total. The summed E-state index contributed by atoms with van der Waals surface area (Å²) in [5.74, 6) is -0.179. The fraction of sp³-hybridized carbons (Fsp3) is 0.875. The largest absolute Gasteiger partial charge is 0.394 e. The summed E-state index contributed by atoms with van der Waals surface area (Å²) >= 11 is 0.